The number of halogens is 1. The molecule has 0 aliphatic rings. The van der Waals surface area contributed by atoms with E-state index in [0.717, 1.165) is 16.6 Å². The van der Waals surface area contributed by atoms with Gasteiger partial charge in [0, 0.05) is 11.8 Å². The zero-order chi connectivity index (χ0) is 15.5. The van der Waals surface area contributed by atoms with Gasteiger partial charge in [-0.15, -0.1) is 0 Å². The first-order valence-electron chi connectivity index (χ1n) is 6.90. The van der Waals surface area contributed by atoms with Crippen LogP contribution in [0.4, 0.5) is 4.39 Å². The summed E-state index contributed by atoms with van der Waals surface area (Å²) in [6, 6.07) is 8.04. The van der Waals surface area contributed by atoms with Crippen LogP contribution in [-0.2, 0) is 16.1 Å². The van der Waals surface area contributed by atoms with E-state index in [0.29, 0.717) is 12.1 Å². The van der Waals surface area contributed by atoms with Crippen molar-refractivity contribution in [3.05, 3.63) is 48.5 Å². The Morgan fingerprint density at radius 3 is 2.73 bits per heavy atom. The first kappa shape index (κ1) is 14.2. The zero-order valence-electron chi connectivity index (χ0n) is 12.0. The molecule has 0 amide bonds. The van der Waals surface area contributed by atoms with Gasteiger partial charge in [0.05, 0.1) is 18.3 Å². The van der Waals surface area contributed by atoms with Gasteiger partial charge in [-0.2, -0.15) is 5.10 Å². The number of fused-ring (bicyclic) bond motifs is 1. The summed E-state index contributed by atoms with van der Waals surface area (Å²) in [7, 11) is 0. The molecule has 6 heteroatoms. The molecule has 5 nitrogen and oxygen atoms in total. The lowest BCUT2D eigenvalue weighted by molar-refractivity contribution is -0.143. The average molecular weight is 299 g/mol. The number of pyridine rings is 1. The highest BCUT2D eigenvalue weighted by Crippen LogP contribution is 2.22. The topological polar surface area (TPSA) is 57.0 Å². The quantitative estimate of drug-likeness (QED) is 0.695. The van der Waals surface area contributed by atoms with Crippen molar-refractivity contribution in [3.8, 4) is 11.1 Å². The number of aromatic nitrogens is 3. The summed E-state index contributed by atoms with van der Waals surface area (Å²) in [5.74, 6) is -0.634. The molecular formula is C16H14FN3O2. The first-order valence-corrected chi connectivity index (χ1v) is 6.90. The second kappa shape index (κ2) is 5.93. The summed E-state index contributed by atoms with van der Waals surface area (Å²) < 4.78 is 19.5. The van der Waals surface area contributed by atoms with Gasteiger partial charge in [0.2, 0.25) is 0 Å². The minimum Gasteiger partial charge on any atom is -0.465 e. The second-order valence-corrected chi connectivity index (χ2v) is 4.74. The van der Waals surface area contributed by atoms with Crippen molar-refractivity contribution in [1.29, 1.82) is 0 Å². The molecule has 112 valence electrons. The van der Waals surface area contributed by atoms with Crippen LogP contribution < -0.4 is 0 Å². The number of esters is 1. The molecular weight excluding hydrogens is 285 g/mol. The Hall–Kier alpha value is -2.76. The fourth-order valence-electron chi connectivity index (χ4n) is 2.21. The Morgan fingerprint density at radius 2 is 2.00 bits per heavy atom. The van der Waals surface area contributed by atoms with Crippen LogP contribution in [0.3, 0.4) is 0 Å². The molecule has 3 aromatic rings. The molecule has 0 atom stereocenters. The summed E-state index contributed by atoms with van der Waals surface area (Å²) in [6.45, 7) is 2.12. The van der Waals surface area contributed by atoms with Gasteiger partial charge in [0.15, 0.2) is 0 Å². The fraction of sp³-hybridized carbons (Fsp3) is 0.188. The third-order valence-corrected chi connectivity index (χ3v) is 3.26. The predicted molar refractivity (Wildman–Crippen MR) is 79.6 cm³/mol. The number of hydrogen-bond donors (Lipinski definition) is 0. The van der Waals surface area contributed by atoms with Gasteiger partial charge in [-0.25, -0.2) is 4.39 Å². The number of benzene rings is 1. The van der Waals surface area contributed by atoms with Crippen LogP contribution in [-0.4, -0.2) is 27.3 Å². The number of ether oxygens (including phenoxy) is 1. The smallest absolute Gasteiger partial charge is 0.327 e. The van der Waals surface area contributed by atoms with Crippen LogP contribution in [0.1, 0.15) is 6.92 Å². The zero-order valence-corrected chi connectivity index (χ0v) is 12.0. The molecule has 0 radical (unpaired) electrons. The van der Waals surface area contributed by atoms with Crippen LogP contribution in [0.5, 0.6) is 0 Å². The number of nitrogens with zero attached hydrogens (tertiary/aromatic N) is 3. The highest BCUT2D eigenvalue weighted by molar-refractivity contribution is 5.81. The van der Waals surface area contributed by atoms with Crippen molar-refractivity contribution in [2.75, 3.05) is 6.61 Å². The van der Waals surface area contributed by atoms with E-state index in [-0.39, 0.29) is 18.3 Å². The van der Waals surface area contributed by atoms with Gasteiger partial charge in [-0.3, -0.25) is 14.5 Å². The maximum atomic E-state index is 13.0. The Labute approximate surface area is 126 Å². The van der Waals surface area contributed by atoms with Crippen molar-refractivity contribution >= 4 is 17.0 Å². The molecule has 0 saturated heterocycles. The predicted octanol–water partition coefficient (Wildman–Crippen LogP) is 2.80. The summed E-state index contributed by atoms with van der Waals surface area (Å²) in [5.41, 5.74) is 3.10. The SMILES string of the molecule is CCOC(=O)Cn1ncc2ncc(-c3ccc(F)cc3)cc21. The molecule has 1 aromatic carbocycles. The van der Waals surface area contributed by atoms with Gasteiger partial charge in [-0.05, 0) is 30.7 Å². The molecule has 0 unspecified atom stereocenters. The van der Waals surface area contributed by atoms with E-state index >= 15 is 0 Å². The van der Waals surface area contributed by atoms with E-state index in [1.54, 1.807) is 36.1 Å². The largest absolute Gasteiger partial charge is 0.465 e. The number of carbonyl (C=O) groups excluding carboxylic acids is 1. The molecule has 0 bridgehead atoms. The normalized spacial score (nSPS) is 10.8. The van der Waals surface area contributed by atoms with Crippen molar-refractivity contribution in [3.63, 3.8) is 0 Å². The van der Waals surface area contributed by atoms with Crippen LogP contribution >= 0.6 is 0 Å². The van der Waals surface area contributed by atoms with E-state index in [9.17, 15) is 9.18 Å². The Bertz CT molecular complexity index is 812. The molecule has 2 aromatic heterocycles. The molecule has 22 heavy (non-hydrogen) atoms. The van der Waals surface area contributed by atoms with Crippen molar-refractivity contribution < 1.29 is 13.9 Å². The van der Waals surface area contributed by atoms with Crippen LogP contribution in [0.25, 0.3) is 22.2 Å². The minimum atomic E-state index is -0.348. The lowest BCUT2D eigenvalue weighted by atomic mass is 10.1. The lowest BCUT2D eigenvalue weighted by Gasteiger charge is -2.05. The molecule has 0 N–H and O–H groups in total. The third-order valence-electron chi connectivity index (χ3n) is 3.26. The van der Waals surface area contributed by atoms with Gasteiger partial charge in [0.25, 0.3) is 0 Å². The standard InChI is InChI=1S/C16H14FN3O2/c1-2-22-16(21)10-20-15-7-12(8-18-14(15)9-19-20)11-3-5-13(17)6-4-11/h3-9H,2,10H2,1H3. The Balaban J connectivity index is 1.97. The Kier molecular flexibility index (Phi) is 3.82. The van der Waals surface area contributed by atoms with Gasteiger partial charge in [-0.1, -0.05) is 12.1 Å². The minimum absolute atomic E-state index is 0.0336. The molecule has 2 heterocycles. The van der Waals surface area contributed by atoms with Crippen LogP contribution in [0, 0.1) is 5.82 Å². The third kappa shape index (κ3) is 2.81. The van der Waals surface area contributed by atoms with Crippen molar-refractivity contribution in [2.45, 2.75) is 13.5 Å². The number of rotatable bonds is 4. The maximum absolute atomic E-state index is 13.0. The Morgan fingerprint density at radius 1 is 1.23 bits per heavy atom. The van der Waals surface area contributed by atoms with Gasteiger partial charge in [0.1, 0.15) is 17.9 Å². The van der Waals surface area contributed by atoms with E-state index in [1.165, 1.54) is 12.1 Å². The first-order chi connectivity index (χ1) is 10.7. The van der Waals surface area contributed by atoms with Crippen LogP contribution in [0.15, 0.2) is 42.7 Å². The summed E-state index contributed by atoms with van der Waals surface area (Å²) in [5, 5.41) is 4.16. The average Bonchev–Trinajstić information content (AvgIpc) is 2.90. The van der Waals surface area contributed by atoms with E-state index in [1.807, 2.05) is 6.07 Å². The highest BCUT2D eigenvalue weighted by Gasteiger charge is 2.10. The second-order valence-electron chi connectivity index (χ2n) is 4.74. The number of hydrogen-bond acceptors (Lipinski definition) is 4. The van der Waals surface area contributed by atoms with E-state index in [4.69, 9.17) is 4.74 Å². The molecule has 0 aliphatic carbocycles. The van der Waals surface area contributed by atoms with Gasteiger partial charge >= 0.3 is 5.97 Å². The van der Waals surface area contributed by atoms with Crippen LogP contribution in [0.2, 0.25) is 0 Å². The maximum Gasteiger partial charge on any atom is 0.327 e. The fourth-order valence-corrected chi connectivity index (χ4v) is 2.21. The summed E-state index contributed by atoms with van der Waals surface area (Å²) in [4.78, 5) is 15.9. The highest BCUT2D eigenvalue weighted by atomic mass is 19.1. The monoisotopic (exact) mass is 299 g/mol. The summed E-state index contributed by atoms with van der Waals surface area (Å²) >= 11 is 0. The molecule has 0 aliphatic heterocycles. The molecule has 0 spiro atoms. The molecule has 0 fully saturated rings. The number of carbonyl (C=O) groups is 1. The van der Waals surface area contributed by atoms with E-state index < -0.39 is 0 Å². The lowest BCUT2D eigenvalue weighted by Crippen LogP contribution is -2.14. The van der Waals surface area contributed by atoms with Crippen molar-refractivity contribution in [1.82, 2.24) is 14.8 Å². The van der Waals surface area contributed by atoms with Gasteiger partial charge < -0.3 is 4.74 Å². The van der Waals surface area contributed by atoms with E-state index in [2.05, 4.69) is 10.1 Å². The van der Waals surface area contributed by atoms with Crippen molar-refractivity contribution in [2.24, 2.45) is 0 Å². The summed E-state index contributed by atoms with van der Waals surface area (Å²) in [6.07, 6.45) is 3.30. The molecule has 0 saturated carbocycles. The molecule has 3 rings (SSSR count).